The van der Waals surface area contributed by atoms with Gasteiger partial charge in [-0.15, -0.1) is 0 Å². The van der Waals surface area contributed by atoms with Crippen molar-refractivity contribution in [2.45, 2.75) is 11.8 Å². The van der Waals surface area contributed by atoms with Gasteiger partial charge < -0.3 is 9.15 Å². The van der Waals surface area contributed by atoms with Crippen LogP contribution in [0.25, 0.3) is 34.5 Å². The molecule has 0 unspecified atom stereocenters. The average Bonchev–Trinajstić information content (AvgIpc) is 3.48. The zero-order valence-corrected chi connectivity index (χ0v) is 19.2. The van der Waals surface area contributed by atoms with E-state index in [-0.39, 0.29) is 4.90 Å². The highest BCUT2D eigenvalue weighted by Crippen LogP contribution is 2.26. The molecular formula is C25H20N4O4S. The van der Waals surface area contributed by atoms with Gasteiger partial charge in [-0.25, -0.2) is 17.4 Å². The first-order valence-corrected chi connectivity index (χ1v) is 11.8. The van der Waals surface area contributed by atoms with Crippen LogP contribution in [0.1, 0.15) is 17.1 Å². The lowest BCUT2D eigenvalue weighted by atomic mass is 10.1. The molecule has 4 aromatic heterocycles. The number of hydrogen-bond acceptors (Lipinski definition) is 7. The molecule has 8 nitrogen and oxygen atoms in total. The first-order chi connectivity index (χ1) is 16.4. The second-order valence-corrected chi connectivity index (χ2v) is 9.44. The number of aromatic nitrogens is 4. The molecule has 0 N–H and O–H groups in total. The Kier molecular flexibility index (Phi) is 5.46. The molecule has 5 rings (SSSR count). The van der Waals surface area contributed by atoms with Crippen LogP contribution in [0.4, 0.5) is 0 Å². The van der Waals surface area contributed by atoms with Gasteiger partial charge in [-0.1, -0.05) is 12.1 Å². The fraction of sp³-hybridized carbons (Fsp3) is 0.0800. The van der Waals surface area contributed by atoms with Gasteiger partial charge in [-0.3, -0.25) is 4.98 Å². The molecule has 0 bridgehead atoms. The molecule has 5 aromatic rings. The summed E-state index contributed by atoms with van der Waals surface area (Å²) in [5, 5.41) is 0. The SMILES string of the molecule is COc1ccnc(C=Cc2nc3ncc(-c4ccc(S(=O)(=O)n5ccc(C)c5)cc4)cc3o2)c1. The number of pyridine rings is 2. The molecular weight excluding hydrogens is 452 g/mol. The molecule has 0 radical (unpaired) electrons. The fourth-order valence-electron chi connectivity index (χ4n) is 3.44. The van der Waals surface area contributed by atoms with Gasteiger partial charge in [0.1, 0.15) is 5.75 Å². The lowest BCUT2D eigenvalue weighted by Crippen LogP contribution is -2.10. The molecule has 0 saturated carbocycles. The Labute approximate surface area is 196 Å². The molecule has 0 spiro atoms. The van der Waals surface area contributed by atoms with E-state index in [1.165, 1.54) is 10.2 Å². The number of oxazole rings is 1. The highest BCUT2D eigenvalue weighted by Gasteiger charge is 2.16. The zero-order chi connectivity index (χ0) is 23.7. The predicted octanol–water partition coefficient (Wildman–Crippen LogP) is 4.81. The molecule has 0 fully saturated rings. The maximum atomic E-state index is 12.8. The summed E-state index contributed by atoms with van der Waals surface area (Å²) in [5.74, 6) is 1.11. The summed E-state index contributed by atoms with van der Waals surface area (Å²) in [4.78, 5) is 13.2. The number of nitrogens with zero attached hydrogens (tertiary/aromatic N) is 4. The number of methoxy groups -OCH3 is 1. The minimum absolute atomic E-state index is 0.208. The predicted molar refractivity (Wildman–Crippen MR) is 129 cm³/mol. The first kappa shape index (κ1) is 21.6. The van der Waals surface area contributed by atoms with Crippen LogP contribution in [0.2, 0.25) is 0 Å². The largest absolute Gasteiger partial charge is 0.497 e. The summed E-state index contributed by atoms with van der Waals surface area (Å²) < 4.78 is 37.8. The van der Waals surface area contributed by atoms with Crippen molar-refractivity contribution in [2.75, 3.05) is 7.11 Å². The average molecular weight is 473 g/mol. The van der Waals surface area contributed by atoms with Crippen LogP contribution in [-0.2, 0) is 10.0 Å². The van der Waals surface area contributed by atoms with Gasteiger partial charge in [0.05, 0.1) is 17.7 Å². The molecule has 9 heteroatoms. The zero-order valence-electron chi connectivity index (χ0n) is 18.4. The Bertz CT molecular complexity index is 1620. The van der Waals surface area contributed by atoms with Crippen LogP contribution in [0.3, 0.4) is 0 Å². The number of ether oxygens (including phenoxy) is 1. The molecule has 0 atom stereocenters. The van der Waals surface area contributed by atoms with Crippen LogP contribution in [0.15, 0.2) is 82.6 Å². The Morgan fingerprint density at radius 3 is 2.56 bits per heavy atom. The second-order valence-electron chi connectivity index (χ2n) is 7.60. The van der Waals surface area contributed by atoms with Gasteiger partial charge in [0.25, 0.3) is 10.0 Å². The molecule has 0 aliphatic carbocycles. The number of aryl methyl sites for hydroxylation is 1. The van der Waals surface area contributed by atoms with E-state index in [9.17, 15) is 8.42 Å². The smallest absolute Gasteiger partial charge is 0.267 e. The summed E-state index contributed by atoms with van der Waals surface area (Å²) in [7, 11) is -2.03. The van der Waals surface area contributed by atoms with Crippen LogP contribution in [0, 0.1) is 6.92 Å². The monoisotopic (exact) mass is 472 g/mol. The van der Waals surface area contributed by atoms with E-state index in [1.54, 1.807) is 80.3 Å². The third-order valence-electron chi connectivity index (χ3n) is 5.23. The van der Waals surface area contributed by atoms with E-state index in [0.29, 0.717) is 28.6 Å². The van der Waals surface area contributed by atoms with Crippen molar-refractivity contribution < 1.29 is 17.6 Å². The van der Waals surface area contributed by atoms with Gasteiger partial charge in [0.15, 0.2) is 11.2 Å². The molecule has 0 aliphatic heterocycles. The topological polar surface area (TPSA) is 100 Å². The van der Waals surface area contributed by atoms with Crippen LogP contribution < -0.4 is 4.74 Å². The minimum atomic E-state index is -3.63. The molecule has 0 amide bonds. The quantitative estimate of drug-likeness (QED) is 0.350. The lowest BCUT2D eigenvalue weighted by molar-refractivity contribution is 0.414. The van der Waals surface area contributed by atoms with E-state index in [1.807, 2.05) is 13.0 Å². The van der Waals surface area contributed by atoms with Crippen LogP contribution >= 0.6 is 0 Å². The van der Waals surface area contributed by atoms with Crippen LogP contribution in [0.5, 0.6) is 5.75 Å². The van der Waals surface area contributed by atoms with E-state index in [0.717, 1.165) is 16.7 Å². The van der Waals surface area contributed by atoms with Crippen molar-refractivity contribution in [3.63, 3.8) is 0 Å². The Hall–Kier alpha value is -4.24. The molecule has 0 saturated heterocycles. The number of fused-ring (bicyclic) bond motifs is 1. The maximum Gasteiger partial charge on any atom is 0.267 e. The molecule has 0 aliphatic rings. The summed E-state index contributed by atoms with van der Waals surface area (Å²) in [6.07, 6.45) is 9.96. The van der Waals surface area contributed by atoms with E-state index in [4.69, 9.17) is 9.15 Å². The van der Waals surface area contributed by atoms with Crippen LogP contribution in [-0.4, -0.2) is 34.5 Å². The van der Waals surface area contributed by atoms with E-state index < -0.39 is 10.0 Å². The highest BCUT2D eigenvalue weighted by atomic mass is 32.2. The normalized spacial score (nSPS) is 11.9. The van der Waals surface area contributed by atoms with Crippen molar-refractivity contribution in [3.05, 3.63) is 90.5 Å². The summed E-state index contributed by atoms with van der Waals surface area (Å²) >= 11 is 0. The number of rotatable bonds is 6. The summed E-state index contributed by atoms with van der Waals surface area (Å²) in [6.45, 7) is 1.85. The minimum Gasteiger partial charge on any atom is -0.497 e. The summed E-state index contributed by atoms with van der Waals surface area (Å²) in [5.41, 5.74) is 4.18. The van der Waals surface area contributed by atoms with Crippen molar-refractivity contribution in [3.8, 4) is 16.9 Å². The molecule has 170 valence electrons. The fourth-order valence-corrected chi connectivity index (χ4v) is 4.69. The Morgan fingerprint density at radius 2 is 1.82 bits per heavy atom. The van der Waals surface area contributed by atoms with Gasteiger partial charge in [-0.05, 0) is 54.5 Å². The Morgan fingerprint density at radius 1 is 1.00 bits per heavy atom. The van der Waals surface area contributed by atoms with Gasteiger partial charge in [0.2, 0.25) is 5.89 Å². The summed E-state index contributed by atoms with van der Waals surface area (Å²) in [6, 6.07) is 13.8. The molecule has 4 heterocycles. The lowest BCUT2D eigenvalue weighted by Gasteiger charge is -2.07. The Balaban J connectivity index is 1.39. The number of benzene rings is 1. The maximum absolute atomic E-state index is 12.8. The second kappa shape index (κ2) is 8.60. The van der Waals surface area contributed by atoms with Gasteiger partial charge in [0, 0.05) is 42.5 Å². The van der Waals surface area contributed by atoms with Crippen molar-refractivity contribution in [2.24, 2.45) is 0 Å². The van der Waals surface area contributed by atoms with E-state index in [2.05, 4.69) is 15.0 Å². The molecule has 1 aromatic carbocycles. The third-order valence-corrected chi connectivity index (χ3v) is 6.88. The highest BCUT2D eigenvalue weighted by molar-refractivity contribution is 7.90. The van der Waals surface area contributed by atoms with E-state index >= 15 is 0 Å². The third kappa shape index (κ3) is 4.20. The molecule has 34 heavy (non-hydrogen) atoms. The standard InChI is InChI=1S/C25H20N4O4S/c1-17-10-12-29(16-17)34(30,31)22-6-3-18(4-7-22)19-13-23-25(27-15-19)28-24(33-23)8-5-20-14-21(32-2)9-11-26-20/h3-16H,1-2H3. The number of hydrogen-bond donors (Lipinski definition) is 0. The van der Waals surface area contributed by atoms with Crippen molar-refractivity contribution in [1.29, 1.82) is 0 Å². The first-order valence-electron chi connectivity index (χ1n) is 10.4. The van der Waals surface area contributed by atoms with Crippen molar-refractivity contribution >= 4 is 33.4 Å². The van der Waals surface area contributed by atoms with Crippen molar-refractivity contribution in [1.82, 2.24) is 18.9 Å². The van der Waals surface area contributed by atoms with Gasteiger partial charge >= 0.3 is 0 Å². The van der Waals surface area contributed by atoms with Gasteiger partial charge in [-0.2, -0.15) is 4.98 Å².